The molecule has 2 amide bonds. The standard InChI is InChI=1S/C29H28ClN5O3/c30-27-22(11-6-15-31-27)28(37)33-21-12-13-26(36)23(17-21)24-18-25(20-9-4-5-10-20)35(34-24)29(38)32-16-14-19-7-2-1-3-8-19/h1-3,6-8,11-13,15,17-18,20,36H,4-5,9-10,14,16H2,(H,32,38)(H,33,37). The molecular formula is C29H28ClN5O3. The fourth-order valence-electron chi connectivity index (χ4n) is 4.81. The number of phenolic OH excluding ortho intramolecular Hbond substituents is 1. The second-order valence-electron chi connectivity index (χ2n) is 9.34. The number of pyridine rings is 1. The molecule has 2 aromatic heterocycles. The number of nitrogens with zero attached hydrogens (tertiary/aromatic N) is 3. The third-order valence-electron chi connectivity index (χ3n) is 6.77. The molecule has 2 heterocycles. The maximum absolute atomic E-state index is 13.2. The summed E-state index contributed by atoms with van der Waals surface area (Å²) in [5, 5.41) is 21.1. The Labute approximate surface area is 225 Å². The molecule has 0 bridgehead atoms. The molecule has 0 saturated heterocycles. The van der Waals surface area contributed by atoms with Gasteiger partial charge in [0, 0.05) is 29.9 Å². The molecule has 5 rings (SSSR count). The van der Waals surface area contributed by atoms with Gasteiger partial charge in [-0.05, 0) is 61.2 Å². The van der Waals surface area contributed by atoms with E-state index < -0.39 is 5.91 Å². The minimum atomic E-state index is -0.422. The average Bonchev–Trinajstić information content (AvgIpc) is 3.61. The predicted molar refractivity (Wildman–Crippen MR) is 147 cm³/mol. The first kappa shape index (κ1) is 25.5. The second-order valence-corrected chi connectivity index (χ2v) is 9.70. The van der Waals surface area contributed by atoms with E-state index in [9.17, 15) is 14.7 Å². The summed E-state index contributed by atoms with van der Waals surface area (Å²) in [6, 6.07) is 19.5. The van der Waals surface area contributed by atoms with Gasteiger partial charge in [-0.1, -0.05) is 54.8 Å². The Morgan fingerprint density at radius 3 is 2.58 bits per heavy atom. The Bertz CT molecular complexity index is 1450. The van der Waals surface area contributed by atoms with Crippen LogP contribution in [0.2, 0.25) is 5.15 Å². The number of rotatable bonds is 7. The maximum Gasteiger partial charge on any atom is 0.342 e. The highest BCUT2D eigenvalue weighted by molar-refractivity contribution is 6.33. The molecule has 8 nitrogen and oxygen atoms in total. The summed E-state index contributed by atoms with van der Waals surface area (Å²) in [6.45, 7) is 0.478. The number of phenols is 1. The van der Waals surface area contributed by atoms with Gasteiger partial charge >= 0.3 is 6.03 Å². The van der Waals surface area contributed by atoms with E-state index in [0.29, 0.717) is 29.9 Å². The van der Waals surface area contributed by atoms with Gasteiger partial charge in [0.15, 0.2) is 0 Å². The Morgan fingerprint density at radius 2 is 1.82 bits per heavy atom. The highest BCUT2D eigenvalue weighted by Gasteiger charge is 2.26. The van der Waals surface area contributed by atoms with E-state index in [1.807, 2.05) is 36.4 Å². The van der Waals surface area contributed by atoms with Gasteiger partial charge < -0.3 is 15.7 Å². The van der Waals surface area contributed by atoms with Crippen molar-refractivity contribution in [3.63, 3.8) is 0 Å². The lowest BCUT2D eigenvalue weighted by molar-refractivity contribution is 0.102. The van der Waals surface area contributed by atoms with Crippen LogP contribution in [0.15, 0.2) is 72.9 Å². The molecule has 1 saturated carbocycles. The van der Waals surface area contributed by atoms with Crippen LogP contribution in [-0.4, -0.2) is 38.4 Å². The van der Waals surface area contributed by atoms with Crippen LogP contribution in [-0.2, 0) is 6.42 Å². The fourth-order valence-corrected chi connectivity index (χ4v) is 5.01. The molecule has 1 aliphatic rings. The van der Waals surface area contributed by atoms with Crippen LogP contribution >= 0.6 is 11.6 Å². The summed E-state index contributed by atoms with van der Waals surface area (Å²) in [7, 11) is 0. The van der Waals surface area contributed by atoms with Crippen molar-refractivity contribution in [3.05, 3.63) is 94.9 Å². The Balaban J connectivity index is 1.39. The molecule has 0 aliphatic heterocycles. The van der Waals surface area contributed by atoms with Gasteiger partial charge in [-0.25, -0.2) is 9.78 Å². The van der Waals surface area contributed by atoms with Crippen LogP contribution in [0.3, 0.4) is 0 Å². The number of aromatic hydroxyl groups is 1. The first-order valence-corrected chi connectivity index (χ1v) is 13.0. The SMILES string of the molecule is O=C(Nc1ccc(O)c(-c2cc(C3CCCC3)n(C(=O)NCCc3ccccc3)n2)c1)c1cccnc1Cl. The van der Waals surface area contributed by atoms with Gasteiger partial charge in [-0.15, -0.1) is 0 Å². The Kier molecular flexibility index (Phi) is 7.70. The lowest BCUT2D eigenvalue weighted by atomic mass is 10.0. The van der Waals surface area contributed by atoms with Crippen molar-refractivity contribution >= 4 is 29.2 Å². The number of halogens is 1. The predicted octanol–water partition coefficient (Wildman–Crippen LogP) is 6.01. The summed E-state index contributed by atoms with van der Waals surface area (Å²) in [4.78, 5) is 29.9. The summed E-state index contributed by atoms with van der Waals surface area (Å²) in [5.74, 6) is -0.210. The molecule has 2 aromatic carbocycles. The van der Waals surface area contributed by atoms with Crippen molar-refractivity contribution in [2.24, 2.45) is 0 Å². The van der Waals surface area contributed by atoms with Crippen LogP contribution in [0.4, 0.5) is 10.5 Å². The maximum atomic E-state index is 13.2. The normalized spacial score (nSPS) is 13.4. The van der Waals surface area contributed by atoms with E-state index in [2.05, 4.69) is 20.7 Å². The zero-order chi connectivity index (χ0) is 26.5. The first-order chi connectivity index (χ1) is 18.5. The molecular weight excluding hydrogens is 502 g/mol. The van der Waals surface area contributed by atoms with Crippen molar-refractivity contribution in [2.45, 2.75) is 38.0 Å². The third kappa shape index (κ3) is 5.70. The van der Waals surface area contributed by atoms with Gasteiger partial charge in [0.2, 0.25) is 0 Å². The van der Waals surface area contributed by atoms with E-state index in [-0.39, 0.29) is 28.4 Å². The number of carbonyl (C=O) groups excluding carboxylic acids is 2. The van der Waals surface area contributed by atoms with Crippen LogP contribution in [0, 0.1) is 0 Å². The zero-order valence-corrected chi connectivity index (χ0v) is 21.5. The van der Waals surface area contributed by atoms with E-state index in [0.717, 1.165) is 36.9 Å². The van der Waals surface area contributed by atoms with Gasteiger partial charge in [-0.3, -0.25) is 4.79 Å². The fraction of sp³-hybridized carbons (Fsp3) is 0.241. The highest BCUT2D eigenvalue weighted by atomic mass is 35.5. The van der Waals surface area contributed by atoms with Crippen molar-refractivity contribution in [2.75, 3.05) is 11.9 Å². The number of hydrogen-bond donors (Lipinski definition) is 3. The highest BCUT2D eigenvalue weighted by Crippen LogP contribution is 2.38. The molecule has 9 heteroatoms. The van der Waals surface area contributed by atoms with Gasteiger partial charge in [0.05, 0.1) is 17.0 Å². The molecule has 1 aliphatic carbocycles. The summed E-state index contributed by atoms with van der Waals surface area (Å²) in [5.41, 5.74) is 3.52. The van der Waals surface area contributed by atoms with Gasteiger partial charge in [0.1, 0.15) is 10.9 Å². The first-order valence-electron chi connectivity index (χ1n) is 12.7. The largest absolute Gasteiger partial charge is 0.507 e. The minimum Gasteiger partial charge on any atom is -0.507 e. The molecule has 3 N–H and O–H groups in total. The summed E-state index contributed by atoms with van der Waals surface area (Å²) >= 11 is 6.06. The number of benzene rings is 2. The van der Waals surface area contributed by atoms with Crippen LogP contribution in [0.5, 0.6) is 5.75 Å². The summed E-state index contributed by atoms with van der Waals surface area (Å²) in [6.07, 6.45) is 6.39. The lowest BCUT2D eigenvalue weighted by Gasteiger charge is -2.12. The number of aromatic nitrogens is 3. The molecule has 38 heavy (non-hydrogen) atoms. The van der Waals surface area contributed by atoms with Crippen molar-refractivity contribution in [1.82, 2.24) is 20.1 Å². The van der Waals surface area contributed by atoms with Gasteiger partial charge in [0.25, 0.3) is 5.91 Å². The monoisotopic (exact) mass is 529 g/mol. The Morgan fingerprint density at radius 1 is 1.03 bits per heavy atom. The molecule has 1 fully saturated rings. The zero-order valence-electron chi connectivity index (χ0n) is 20.7. The van der Waals surface area contributed by atoms with Crippen molar-refractivity contribution in [3.8, 4) is 17.0 Å². The smallest absolute Gasteiger partial charge is 0.342 e. The van der Waals surface area contributed by atoms with Crippen LogP contribution < -0.4 is 10.6 Å². The summed E-state index contributed by atoms with van der Waals surface area (Å²) < 4.78 is 1.43. The Hall–Kier alpha value is -4.17. The van der Waals surface area contributed by atoms with Crippen molar-refractivity contribution in [1.29, 1.82) is 0 Å². The molecule has 0 spiro atoms. The van der Waals surface area contributed by atoms with E-state index in [1.165, 1.54) is 16.9 Å². The third-order valence-corrected chi connectivity index (χ3v) is 7.07. The van der Waals surface area contributed by atoms with Crippen LogP contribution in [0.25, 0.3) is 11.3 Å². The van der Waals surface area contributed by atoms with Crippen LogP contribution in [0.1, 0.15) is 53.2 Å². The molecule has 0 unspecified atom stereocenters. The quantitative estimate of drug-likeness (QED) is 0.200. The second kappa shape index (κ2) is 11.5. The van der Waals surface area contributed by atoms with Crippen molar-refractivity contribution < 1.29 is 14.7 Å². The number of anilines is 1. The molecule has 0 radical (unpaired) electrons. The topological polar surface area (TPSA) is 109 Å². The van der Waals surface area contributed by atoms with Gasteiger partial charge in [-0.2, -0.15) is 9.78 Å². The molecule has 4 aromatic rings. The molecule has 194 valence electrons. The average molecular weight is 530 g/mol. The number of amides is 2. The number of carbonyl (C=O) groups is 2. The number of nitrogens with one attached hydrogen (secondary N) is 2. The van der Waals surface area contributed by atoms with E-state index in [4.69, 9.17) is 11.6 Å². The lowest BCUT2D eigenvalue weighted by Crippen LogP contribution is -2.32. The van der Waals surface area contributed by atoms with E-state index in [1.54, 1.807) is 24.3 Å². The van der Waals surface area contributed by atoms with E-state index >= 15 is 0 Å². The number of hydrogen-bond acceptors (Lipinski definition) is 5. The minimum absolute atomic E-state index is 0.00508. The molecule has 0 atom stereocenters.